The molecule has 290 valence electrons. The first-order valence-electron chi connectivity index (χ1n) is 18.5. The molecule has 2 amide bonds. The van der Waals surface area contributed by atoms with E-state index in [-0.39, 0.29) is 11.8 Å². The predicted octanol–water partition coefficient (Wildman–Crippen LogP) is 8.86. The van der Waals surface area contributed by atoms with Gasteiger partial charge in [0.15, 0.2) is 0 Å². The van der Waals surface area contributed by atoms with E-state index in [4.69, 9.17) is 10.2 Å². The first-order valence-corrected chi connectivity index (χ1v) is 20.7. The Labute approximate surface area is 338 Å². The van der Waals surface area contributed by atoms with Gasteiger partial charge in [0.05, 0.1) is 35.9 Å². The van der Waals surface area contributed by atoms with Crippen molar-refractivity contribution in [2.75, 3.05) is 62.5 Å². The van der Waals surface area contributed by atoms with Crippen LogP contribution in [0.2, 0.25) is 0 Å². The SMILES string of the molecule is CNc1ccccc1C(C)(C)C1=NN(C)CC(C(=O)Nc2ccccc2SSc2ccccc2NC(=O)C2=CC(C(C)(C)c3ccccc3NC)=NN(C)C2)=C1. The Morgan fingerprint density at radius 1 is 0.554 bits per heavy atom. The molecule has 56 heavy (non-hydrogen) atoms. The molecule has 0 bridgehead atoms. The highest BCUT2D eigenvalue weighted by Crippen LogP contribution is 2.44. The fourth-order valence-electron chi connectivity index (χ4n) is 6.84. The number of allylic oxidation sites excluding steroid dienone is 2. The third-order valence-electron chi connectivity index (χ3n) is 10.1. The van der Waals surface area contributed by atoms with Crippen LogP contribution in [0.1, 0.15) is 38.8 Å². The van der Waals surface area contributed by atoms with E-state index in [0.717, 1.165) is 43.7 Å². The number of hydrogen-bond acceptors (Lipinski definition) is 10. The van der Waals surface area contributed by atoms with Crippen LogP contribution in [0.5, 0.6) is 0 Å². The number of carbonyl (C=O) groups excluding carboxylic acids is 2. The molecule has 12 heteroatoms. The number of amides is 2. The first-order chi connectivity index (χ1) is 26.8. The first kappa shape index (κ1) is 40.2. The molecule has 0 atom stereocenters. The van der Waals surface area contributed by atoms with Crippen molar-refractivity contribution in [3.05, 3.63) is 131 Å². The lowest BCUT2D eigenvalue weighted by atomic mass is 9.78. The fourth-order valence-corrected chi connectivity index (χ4v) is 9.12. The lowest BCUT2D eigenvalue weighted by molar-refractivity contribution is -0.113. The molecule has 0 fully saturated rings. The van der Waals surface area contributed by atoms with Crippen molar-refractivity contribution < 1.29 is 9.59 Å². The van der Waals surface area contributed by atoms with Gasteiger partial charge in [-0.2, -0.15) is 10.2 Å². The highest BCUT2D eigenvalue weighted by atomic mass is 33.1. The maximum Gasteiger partial charge on any atom is 0.253 e. The molecule has 0 spiro atoms. The summed E-state index contributed by atoms with van der Waals surface area (Å²) in [6, 6.07) is 31.8. The summed E-state index contributed by atoms with van der Waals surface area (Å²) in [4.78, 5) is 29.5. The fraction of sp³-hybridized carbons (Fsp3) is 0.273. The van der Waals surface area contributed by atoms with Crippen LogP contribution in [0.4, 0.5) is 22.7 Å². The molecule has 0 radical (unpaired) electrons. The molecule has 4 N–H and O–H groups in total. The Kier molecular flexibility index (Phi) is 12.3. The van der Waals surface area contributed by atoms with E-state index >= 15 is 0 Å². The summed E-state index contributed by atoms with van der Waals surface area (Å²) in [7, 11) is 10.6. The van der Waals surface area contributed by atoms with E-state index in [1.165, 1.54) is 21.6 Å². The molecule has 4 aromatic rings. The van der Waals surface area contributed by atoms with Crippen LogP contribution in [0, 0.1) is 0 Å². The Hall–Kier alpha value is -5.46. The molecule has 0 unspecified atom stereocenters. The van der Waals surface area contributed by atoms with Crippen LogP contribution in [0.15, 0.2) is 140 Å². The monoisotopic (exact) mass is 786 g/mol. The van der Waals surface area contributed by atoms with Gasteiger partial charge in [-0.25, -0.2) is 0 Å². The number of hydrogen-bond donors (Lipinski definition) is 4. The van der Waals surface area contributed by atoms with Gasteiger partial charge in [0.25, 0.3) is 11.8 Å². The number of likely N-dealkylation sites (N-methyl/N-ethyl adjacent to an activating group) is 2. The third-order valence-corrected chi connectivity index (χ3v) is 12.6. The minimum atomic E-state index is -0.457. The van der Waals surface area contributed by atoms with Gasteiger partial charge in [0, 0.05) is 71.3 Å². The van der Waals surface area contributed by atoms with E-state index < -0.39 is 10.8 Å². The maximum absolute atomic E-state index is 13.9. The Morgan fingerprint density at radius 3 is 1.27 bits per heavy atom. The van der Waals surface area contributed by atoms with E-state index in [1.807, 2.05) is 135 Å². The number of anilines is 4. The molecular weight excluding hydrogens is 737 g/mol. The molecule has 6 rings (SSSR count). The van der Waals surface area contributed by atoms with Crippen LogP contribution >= 0.6 is 21.6 Å². The minimum absolute atomic E-state index is 0.182. The second-order valence-corrected chi connectivity index (χ2v) is 17.1. The Balaban J connectivity index is 1.16. The number of nitrogens with zero attached hydrogens (tertiary/aromatic N) is 4. The molecule has 10 nitrogen and oxygen atoms in total. The predicted molar refractivity (Wildman–Crippen MR) is 236 cm³/mol. The molecule has 0 saturated carbocycles. The zero-order chi connectivity index (χ0) is 40.0. The summed E-state index contributed by atoms with van der Waals surface area (Å²) < 4.78 is 0. The average Bonchev–Trinajstić information content (AvgIpc) is 3.20. The van der Waals surface area contributed by atoms with E-state index in [0.29, 0.717) is 35.6 Å². The largest absolute Gasteiger partial charge is 0.388 e. The van der Waals surface area contributed by atoms with Crippen molar-refractivity contribution in [1.29, 1.82) is 0 Å². The van der Waals surface area contributed by atoms with Crippen molar-refractivity contribution in [2.24, 2.45) is 10.2 Å². The van der Waals surface area contributed by atoms with E-state index in [9.17, 15) is 9.59 Å². The van der Waals surface area contributed by atoms with Gasteiger partial charge >= 0.3 is 0 Å². The van der Waals surface area contributed by atoms with E-state index in [2.05, 4.69) is 61.1 Å². The summed E-state index contributed by atoms with van der Waals surface area (Å²) in [6.45, 7) is 9.27. The number of benzene rings is 4. The van der Waals surface area contributed by atoms with Gasteiger partial charge in [0.1, 0.15) is 0 Å². The number of nitrogens with one attached hydrogen (secondary N) is 4. The van der Waals surface area contributed by atoms with Crippen molar-refractivity contribution >= 4 is 67.6 Å². The molecule has 2 heterocycles. The summed E-state index contributed by atoms with van der Waals surface area (Å²) in [6.07, 6.45) is 3.84. The number of hydrazone groups is 2. The number of carbonyl (C=O) groups is 2. The molecule has 2 aliphatic heterocycles. The average molecular weight is 787 g/mol. The minimum Gasteiger partial charge on any atom is -0.388 e. The van der Waals surface area contributed by atoms with Crippen molar-refractivity contribution in [1.82, 2.24) is 10.0 Å². The van der Waals surface area contributed by atoms with Crippen LogP contribution in [-0.2, 0) is 20.4 Å². The van der Waals surface area contributed by atoms with Gasteiger partial charge in [-0.15, -0.1) is 0 Å². The van der Waals surface area contributed by atoms with Crippen molar-refractivity contribution in [3.63, 3.8) is 0 Å². The highest BCUT2D eigenvalue weighted by molar-refractivity contribution is 8.76. The van der Waals surface area contributed by atoms with Gasteiger partial charge < -0.3 is 21.3 Å². The third kappa shape index (κ3) is 8.82. The second kappa shape index (κ2) is 17.1. The zero-order valence-corrected chi connectivity index (χ0v) is 34.9. The molecule has 0 aliphatic carbocycles. The number of rotatable bonds is 13. The number of para-hydroxylation sites is 4. The van der Waals surface area contributed by atoms with Crippen LogP contribution in [0.3, 0.4) is 0 Å². The summed E-state index contributed by atoms with van der Waals surface area (Å²) in [5, 5.41) is 26.2. The van der Waals surface area contributed by atoms with Crippen LogP contribution in [0.25, 0.3) is 0 Å². The molecule has 0 aromatic heterocycles. The summed E-state index contributed by atoms with van der Waals surface area (Å²) in [5.41, 5.74) is 7.58. The second-order valence-electron chi connectivity index (χ2n) is 14.8. The van der Waals surface area contributed by atoms with Gasteiger partial charge in [-0.1, -0.05) is 110 Å². The lowest BCUT2D eigenvalue weighted by Crippen LogP contribution is -2.36. The van der Waals surface area contributed by atoms with Gasteiger partial charge in [-0.05, 0) is 59.7 Å². The van der Waals surface area contributed by atoms with E-state index in [1.54, 1.807) is 0 Å². The molecule has 0 saturated heterocycles. The smallest absolute Gasteiger partial charge is 0.253 e. The molecular formula is C44H50N8O2S2. The van der Waals surface area contributed by atoms with Crippen molar-refractivity contribution in [3.8, 4) is 0 Å². The molecule has 2 aliphatic rings. The van der Waals surface area contributed by atoms with Crippen molar-refractivity contribution in [2.45, 2.75) is 48.3 Å². The topological polar surface area (TPSA) is 113 Å². The van der Waals surface area contributed by atoms with Crippen LogP contribution < -0.4 is 21.3 Å². The normalized spacial score (nSPS) is 14.6. The molecule has 4 aromatic carbocycles. The maximum atomic E-state index is 13.9. The summed E-state index contributed by atoms with van der Waals surface area (Å²) in [5.74, 6) is -0.363. The summed E-state index contributed by atoms with van der Waals surface area (Å²) >= 11 is 0. The zero-order valence-electron chi connectivity index (χ0n) is 33.2. The Bertz CT molecular complexity index is 2090. The van der Waals surface area contributed by atoms with Gasteiger partial charge in [0.2, 0.25) is 0 Å². The highest BCUT2D eigenvalue weighted by Gasteiger charge is 2.33. The Morgan fingerprint density at radius 2 is 0.893 bits per heavy atom. The van der Waals surface area contributed by atoms with Crippen LogP contribution in [-0.4, -0.2) is 74.5 Å². The lowest BCUT2D eigenvalue weighted by Gasteiger charge is -2.32. The van der Waals surface area contributed by atoms with Gasteiger partial charge in [-0.3, -0.25) is 19.6 Å². The quantitative estimate of drug-likeness (QED) is 0.0996. The standard InChI is InChI=1S/C44H50N8O2S2/c1-43(2,31-17-9-11-19-33(31)45-5)39-25-29(27-51(7)49-39)41(53)47-35-21-13-15-23-37(35)55-56-38-24-16-14-22-36(38)48-42(54)30-26-40(50-52(8)28-30)44(3,4)32-18-10-12-20-34(32)46-6/h9-26,45-46H,27-28H2,1-8H3,(H,47,53)(H,48,54).